The molecule has 0 atom stereocenters. The summed E-state index contributed by atoms with van der Waals surface area (Å²) in [5.41, 5.74) is 4.71. The van der Waals surface area contributed by atoms with E-state index in [0.717, 1.165) is 33.9 Å². The second-order valence-corrected chi connectivity index (χ2v) is 13.5. The fraction of sp³-hybridized carbons (Fsp3) is 0.370. The van der Waals surface area contributed by atoms with E-state index in [0.29, 0.717) is 0 Å². The highest BCUT2D eigenvalue weighted by atomic mass is 32.2. The summed E-state index contributed by atoms with van der Waals surface area (Å²) in [5, 5.41) is 0. The van der Waals surface area contributed by atoms with E-state index in [1.165, 1.54) is 0 Å². The van der Waals surface area contributed by atoms with Crippen molar-refractivity contribution in [2.45, 2.75) is 38.5 Å². The second kappa shape index (κ2) is 9.50. The first-order valence-electron chi connectivity index (χ1n) is 12.0. The van der Waals surface area contributed by atoms with Gasteiger partial charge in [-0.15, -0.1) is 0 Å². The maximum Gasteiger partial charge on any atom is 0.271 e. The topological polar surface area (TPSA) is 118 Å². The Balaban J connectivity index is 1.77. The molecule has 4 rings (SSSR count). The summed E-state index contributed by atoms with van der Waals surface area (Å²) in [6.07, 6.45) is 5.73. The standard InChI is InChI=1S/C27H32N2O6S2/c1-26(2)20-10-5-7-12-22(20)28(16-18-36(30,31)32)24(26)14-9-15-25-27(3,4)21-11-6-8-13-23(21)29(25)17-19-37(33,34)35/h5-15H,16-19H2,1-4H3,(H-,30,31,32,33,34,35). The summed E-state index contributed by atoms with van der Waals surface area (Å²) < 4.78 is 68.6. The zero-order valence-electron chi connectivity index (χ0n) is 21.4. The van der Waals surface area contributed by atoms with Crippen LogP contribution in [0.2, 0.25) is 0 Å². The van der Waals surface area contributed by atoms with Crippen LogP contribution in [0.1, 0.15) is 38.8 Å². The molecule has 0 aromatic heterocycles. The molecule has 0 saturated carbocycles. The maximum atomic E-state index is 11.5. The molecule has 10 heteroatoms. The number of hydrogen-bond acceptors (Lipinski definition) is 6. The van der Waals surface area contributed by atoms with Gasteiger partial charge in [-0.05, 0) is 31.6 Å². The number of rotatable bonds is 8. The monoisotopic (exact) mass is 544 g/mol. The average Bonchev–Trinajstić information content (AvgIpc) is 3.15. The molecule has 0 radical (unpaired) electrons. The lowest BCUT2D eigenvalue weighted by Crippen LogP contribution is -2.30. The third kappa shape index (κ3) is 5.43. The summed E-state index contributed by atoms with van der Waals surface area (Å²) in [5.74, 6) is -0.919. The van der Waals surface area contributed by atoms with Crippen molar-refractivity contribution in [3.63, 3.8) is 0 Å². The van der Waals surface area contributed by atoms with Crippen molar-refractivity contribution in [3.05, 3.63) is 83.6 Å². The molecule has 2 aliphatic rings. The van der Waals surface area contributed by atoms with E-state index in [2.05, 4.69) is 27.7 Å². The van der Waals surface area contributed by atoms with Crippen molar-refractivity contribution in [1.82, 2.24) is 0 Å². The van der Waals surface area contributed by atoms with Crippen LogP contribution in [-0.2, 0) is 31.1 Å². The molecular formula is C27H32N2O6S2. The quantitative estimate of drug-likeness (QED) is 0.397. The maximum absolute atomic E-state index is 11.5. The summed E-state index contributed by atoms with van der Waals surface area (Å²) >= 11 is 0. The van der Waals surface area contributed by atoms with Crippen LogP contribution in [-0.4, -0.2) is 60.8 Å². The third-order valence-corrected chi connectivity index (χ3v) is 8.63. The van der Waals surface area contributed by atoms with Crippen LogP contribution in [0.3, 0.4) is 0 Å². The molecule has 0 bridgehead atoms. The van der Waals surface area contributed by atoms with Gasteiger partial charge < -0.3 is 9.45 Å². The van der Waals surface area contributed by atoms with Gasteiger partial charge in [0.2, 0.25) is 5.69 Å². The van der Waals surface area contributed by atoms with Crippen molar-refractivity contribution in [2.75, 3.05) is 29.5 Å². The average molecular weight is 545 g/mol. The molecule has 37 heavy (non-hydrogen) atoms. The minimum absolute atomic E-state index is 0.0416. The van der Waals surface area contributed by atoms with E-state index < -0.39 is 42.6 Å². The van der Waals surface area contributed by atoms with Crippen LogP contribution in [0, 0.1) is 0 Å². The normalized spacial score (nSPS) is 19.6. The summed E-state index contributed by atoms with van der Waals surface area (Å²) in [7, 11) is -8.55. The van der Waals surface area contributed by atoms with Crippen LogP contribution >= 0.6 is 0 Å². The van der Waals surface area contributed by atoms with Crippen molar-refractivity contribution in [3.8, 4) is 0 Å². The van der Waals surface area contributed by atoms with E-state index >= 15 is 0 Å². The lowest BCUT2D eigenvalue weighted by atomic mass is 9.81. The van der Waals surface area contributed by atoms with Gasteiger partial charge >= 0.3 is 0 Å². The molecular weight excluding hydrogens is 512 g/mol. The van der Waals surface area contributed by atoms with Gasteiger partial charge in [0.1, 0.15) is 5.75 Å². The lowest BCUT2D eigenvalue weighted by Gasteiger charge is -2.27. The Morgan fingerprint density at radius 2 is 1.54 bits per heavy atom. The first-order chi connectivity index (χ1) is 17.1. The Hall–Kier alpha value is -2.79. The second-order valence-electron chi connectivity index (χ2n) is 10.4. The van der Waals surface area contributed by atoms with Gasteiger partial charge in [-0.25, -0.2) is 8.42 Å². The molecule has 0 spiro atoms. The van der Waals surface area contributed by atoms with E-state index in [1.807, 2.05) is 76.2 Å². The number of benzene rings is 2. The van der Waals surface area contributed by atoms with Gasteiger partial charge in [-0.3, -0.25) is 4.55 Å². The molecule has 2 aromatic carbocycles. The first kappa shape index (κ1) is 27.3. The molecule has 2 aliphatic heterocycles. The number of fused-ring (bicyclic) bond motifs is 2. The van der Waals surface area contributed by atoms with Crippen molar-refractivity contribution in [1.29, 1.82) is 0 Å². The van der Waals surface area contributed by atoms with Gasteiger partial charge in [-0.2, -0.15) is 13.0 Å². The Morgan fingerprint density at radius 3 is 2.19 bits per heavy atom. The van der Waals surface area contributed by atoms with Crippen LogP contribution in [0.4, 0.5) is 11.4 Å². The predicted octanol–water partition coefficient (Wildman–Crippen LogP) is 3.73. The molecule has 0 unspecified atom stereocenters. The largest absolute Gasteiger partial charge is 0.748 e. The minimum Gasteiger partial charge on any atom is -0.748 e. The van der Waals surface area contributed by atoms with Crippen LogP contribution < -0.4 is 4.90 Å². The van der Waals surface area contributed by atoms with E-state index in [4.69, 9.17) is 0 Å². The highest BCUT2D eigenvalue weighted by Crippen LogP contribution is 2.47. The number of para-hydroxylation sites is 2. The molecule has 2 heterocycles. The lowest BCUT2D eigenvalue weighted by molar-refractivity contribution is -0.432. The molecule has 0 saturated heterocycles. The molecule has 198 valence electrons. The Bertz CT molecular complexity index is 1530. The zero-order chi connectivity index (χ0) is 27.2. The highest BCUT2D eigenvalue weighted by molar-refractivity contribution is 7.86. The Morgan fingerprint density at radius 1 is 0.919 bits per heavy atom. The van der Waals surface area contributed by atoms with Crippen molar-refractivity contribution < 1.29 is 30.5 Å². The SMILES string of the molecule is CC1(C)C(/C=C/C=C2/N(CCS(=O)(=O)[O-])c3ccccc3C2(C)C)=[N+](CCS(=O)(=O)O)c2ccccc21. The fourth-order valence-corrected chi connectivity index (χ4v) is 6.22. The van der Waals surface area contributed by atoms with E-state index in [1.54, 1.807) is 0 Å². The molecule has 8 nitrogen and oxygen atoms in total. The fourth-order valence-electron chi connectivity index (χ4n) is 5.40. The number of nitrogens with zero attached hydrogens (tertiary/aromatic N) is 2. The van der Waals surface area contributed by atoms with Gasteiger partial charge in [0.05, 0.1) is 21.3 Å². The van der Waals surface area contributed by atoms with Crippen LogP contribution in [0.25, 0.3) is 0 Å². The van der Waals surface area contributed by atoms with E-state index in [-0.39, 0.29) is 13.1 Å². The Labute approximate surface area is 219 Å². The predicted molar refractivity (Wildman–Crippen MR) is 144 cm³/mol. The zero-order valence-corrected chi connectivity index (χ0v) is 23.0. The summed E-state index contributed by atoms with van der Waals surface area (Å²) in [6, 6.07) is 15.5. The molecule has 0 aliphatic carbocycles. The van der Waals surface area contributed by atoms with E-state index in [9.17, 15) is 25.9 Å². The smallest absolute Gasteiger partial charge is 0.271 e. The minimum atomic E-state index is -4.40. The van der Waals surface area contributed by atoms with Gasteiger partial charge in [-0.1, -0.05) is 56.3 Å². The number of hydrogen-bond donors (Lipinski definition) is 1. The Kier molecular flexibility index (Phi) is 7.00. The molecule has 0 amide bonds. The number of allylic oxidation sites excluding steroid dienone is 4. The van der Waals surface area contributed by atoms with Gasteiger partial charge in [0.25, 0.3) is 10.1 Å². The van der Waals surface area contributed by atoms with Gasteiger partial charge in [0.15, 0.2) is 12.3 Å². The number of anilines is 1. The first-order valence-corrected chi connectivity index (χ1v) is 15.2. The summed E-state index contributed by atoms with van der Waals surface area (Å²) in [6.45, 7) is 8.37. The molecule has 1 N–H and O–H groups in total. The van der Waals surface area contributed by atoms with Gasteiger partial charge in [0, 0.05) is 41.1 Å². The highest BCUT2D eigenvalue weighted by Gasteiger charge is 2.44. The van der Waals surface area contributed by atoms with Crippen molar-refractivity contribution >= 4 is 37.3 Å². The van der Waals surface area contributed by atoms with Crippen molar-refractivity contribution in [2.24, 2.45) is 0 Å². The summed E-state index contributed by atoms with van der Waals surface area (Å²) in [4.78, 5) is 1.88. The van der Waals surface area contributed by atoms with Crippen LogP contribution in [0.5, 0.6) is 0 Å². The van der Waals surface area contributed by atoms with Crippen LogP contribution in [0.15, 0.2) is 72.5 Å². The third-order valence-electron chi connectivity index (χ3n) is 7.24. The molecule has 0 fully saturated rings. The molecule has 2 aromatic rings.